The van der Waals surface area contributed by atoms with Gasteiger partial charge in [0.05, 0.1) is 42.4 Å². The molecule has 4 aromatic rings. The number of ether oxygens (including phenoxy) is 2. The smallest absolute Gasteiger partial charge is 0.434 e. The number of esters is 1. The molecule has 0 fully saturated rings. The predicted octanol–water partition coefficient (Wildman–Crippen LogP) is 6.81. The third kappa shape index (κ3) is 7.04. The molecule has 0 amide bonds. The maximum absolute atomic E-state index is 14.3. The lowest BCUT2D eigenvalue weighted by Gasteiger charge is -2.26. The average molecular weight is 829 g/mol. The van der Waals surface area contributed by atoms with Crippen molar-refractivity contribution in [1.82, 2.24) is 4.57 Å². The van der Waals surface area contributed by atoms with Crippen LogP contribution in [0.5, 0.6) is 5.75 Å². The highest BCUT2D eigenvalue weighted by atomic mass is 127. The van der Waals surface area contributed by atoms with Gasteiger partial charge in [-0.1, -0.05) is 47.2 Å². The van der Waals surface area contributed by atoms with Crippen molar-refractivity contribution in [2.75, 3.05) is 6.61 Å². The van der Waals surface area contributed by atoms with E-state index >= 15 is 0 Å². The molecule has 45 heavy (non-hydrogen) atoms. The van der Waals surface area contributed by atoms with Crippen molar-refractivity contribution in [3.05, 3.63) is 127 Å². The summed E-state index contributed by atoms with van der Waals surface area (Å²) in [6, 6.07) is 16.9. The normalized spacial score (nSPS) is 14.9. The molecule has 0 unspecified atom stereocenters. The quantitative estimate of drug-likeness (QED) is 0.151. The Hall–Kier alpha value is -3.45. The molecule has 7 nitrogen and oxygen atoms in total. The minimum Gasteiger partial charge on any atom is -0.487 e. The first-order chi connectivity index (χ1) is 21.4. The van der Waals surface area contributed by atoms with E-state index in [1.807, 2.05) is 0 Å². The molecule has 0 saturated heterocycles. The lowest BCUT2D eigenvalue weighted by molar-refractivity contribution is -0.140. The zero-order valence-electron chi connectivity index (χ0n) is 23.0. The molecule has 0 spiro atoms. The van der Waals surface area contributed by atoms with Gasteiger partial charge in [-0.2, -0.15) is 18.4 Å². The molecule has 1 aliphatic rings. The van der Waals surface area contributed by atoms with Gasteiger partial charge in [-0.25, -0.2) is 9.79 Å². The first-order valence-corrected chi connectivity index (χ1v) is 16.1. The minimum atomic E-state index is -5.00. The number of nitrogens with zero attached hydrogens (tertiary/aromatic N) is 3. The lowest BCUT2D eigenvalue weighted by Crippen LogP contribution is -2.41. The van der Waals surface area contributed by atoms with E-state index in [1.165, 1.54) is 31.2 Å². The second kappa shape index (κ2) is 13.5. The fourth-order valence-electron chi connectivity index (χ4n) is 4.58. The van der Waals surface area contributed by atoms with Crippen LogP contribution in [0, 0.1) is 14.9 Å². The molecular weight excluding hydrogens is 810 g/mol. The Morgan fingerprint density at radius 3 is 2.49 bits per heavy atom. The number of benzene rings is 3. The molecule has 1 aromatic heterocycles. The van der Waals surface area contributed by atoms with Crippen molar-refractivity contribution in [2.24, 2.45) is 4.99 Å². The second-order valence-corrected chi connectivity index (χ2v) is 13.0. The summed E-state index contributed by atoms with van der Waals surface area (Å²) in [5.41, 5.74) is -0.637. The maximum atomic E-state index is 14.3. The van der Waals surface area contributed by atoms with Crippen molar-refractivity contribution < 1.29 is 27.4 Å². The highest BCUT2D eigenvalue weighted by Gasteiger charge is 2.45. The number of carbonyl (C=O) groups excluding carboxylic acids is 1. The number of halogens is 6. The number of hydrogen-bond acceptors (Lipinski definition) is 7. The molecule has 1 atom stereocenters. The highest BCUT2D eigenvalue weighted by molar-refractivity contribution is 14.1. The minimum absolute atomic E-state index is 0.105. The number of fused-ring (bicyclic) bond motifs is 1. The molecule has 14 heteroatoms. The predicted molar refractivity (Wildman–Crippen MR) is 175 cm³/mol. The van der Waals surface area contributed by atoms with Crippen molar-refractivity contribution >= 4 is 73.5 Å². The van der Waals surface area contributed by atoms with E-state index in [0.29, 0.717) is 29.9 Å². The fraction of sp³-hybridized carbons (Fsp3) is 0.161. The largest absolute Gasteiger partial charge is 0.487 e. The van der Waals surface area contributed by atoms with Crippen LogP contribution in [0.3, 0.4) is 0 Å². The molecule has 0 aliphatic carbocycles. The van der Waals surface area contributed by atoms with Gasteiger partial charge in [0.2, 0.25) is 0 Å². The number of rotatable bonds is 7. The second-order valence-electron chi connectivity index (χ2n) is 9.53. The van der Waals surface area contributed by atoms with Gasteiger partial charge in [0.15, 0.2) is 10.5 Å². The third-order valence-electron chi connectivity index (χ3n) is 6.57. The SMILES string of the molecule is CCOC(=O)C1=C(C(F)(F)F)N=c2s/c(=C\c3cc(Br)c(OCc4ccc(C#N)cc4)c(I)c3)c(=O)n2[C@H]1c1ccc(Cl)cc1. The topological polar surface area (TPSA) is 93.7 Å². The third-order valence-corrected chi connectivity index (χ3v) is 9.19. The van der Waals surface area contributed by atoms with Crippen LogP contribution < -0.4 is 19.6 Å². The van der Waals surface area contributed by atoms with Gasteiger partial charge in [-0.05, 0) is 105 Å². The number of thiazole rings is 1. The summed E-state index contributed by atoms with van der Waals surface area (Å²) >= 11 is 12.4. The standard InChI is InChI=1S/C31H19BrClF3IN3O4S/c1-2-43-29(42)24-25(19-7-9-20(33)10-8-19)40-28(41)23(45-30(40)39-27(24)31(34,35)36)13-18-11-21(32)26(22(37)12-18)44-15-17-5-3-16(14-38)4-6-17/h3-13,25H,2,15H2,1H3/b23-13-/t25-/m0/s1. The van der Waals surface area contributed by atoms with E-state index in [2.05, 4.69) is 49.6 Å². The van der Waals surface area contributed by atoms with Gasteiger partial charge in [0.25, 0.3) is 5.56 Å². The summed E-state index contributed by atoms with van der Waals surface area (Å²) in [4.78, 5) is 30.4. The maximum Gasteiger partial charge on any atom is 0.434 e. The van der Waals surface area contributed by atoms with Gasteiger partial charge in [-0.3, -0.25) is 9.36 Å². The Balaban J connectivity index is 1.60. The average Bonchev–Trinajstić information content (AvgIpc) is 3.30. The zero-order valence-corrected chi connectivity index (χ0v) is 28.3. The van der Waals surface area contributed by atoms with Gasteiger partial charge in [-0.15, -0.1) is 0 Å². The molecule has 0 bridgehead atoms. The molecule has 5 rings (SSSR count). The van der Waals surface area contributed by atoms with Crippen LogP contribution in [-0.2, 0) is 16.1 Å². The molecular formula is C31H19BrClF3IN3O4S. The Morgan fingerprint density at radius 1 is 1.20 bits per heavy atom. The summed E-state index contributed by atoms with van der Waals surface area (Å²) < 4.78 is 56.4. The van der Waals surface area contributed by atoms with Crippen LogP contribution in [-0.4, -0.2) is 23.3 Å². The van der Waals surface area contributed by atoms with Crippen molar-refractivity contribution in [3.63, 3.8) is 0 Å². The monoisotopic (exact) mass is 827 g/mol. The summed E-state index contributed by atoms with van der Waals surface area (Å²) in [5.74, 6) is -0.673. The number of carbonyl (C=O) groups is 1. The van der Waals surface area contributed by atoms with Crippen molar-refractivity contribution in [3.8, 4) is 11.8 Å². The molecule has 1 aliphatic heterocycles. The van der Waals surface area contributed by atoms with Crippen LogP contribution in [0.4, 0.5) is 13.2 Å². The summed E-state index contributed by atoms with van der Waals surface area (Å²) in [6.45, 7) is 1.54. The van der Waals surface area contributed by atoms with Crippen LogP contribution in [0.15, 0.2) is 86.2 Å². The number of allylic oxidation sites excluding steroid dienone is 1. The van der Waals surface area contributed by atoms with Crippen molar-refractivity contribution in [1.29, 1.82) is 5.26 Å². The molecule has 3 aromatic carbocycles. The van der Waals surface area contributed by atoms with Crippen molar-refractivity contribution in [2.45, 2.75) is 25.7 Å². The van der Waals surface area contributed by atoms with E-state index in [1.54, 1.807) is 42.5 Å². The van der Waals surface area contributed by atoms with E-state index < -0.39 is 35.0 Å². The molecule has 2 heterocycles. The first-order valence-electron chi connectivity index (χ1n) is 13.1. The highest BCUT2D eigenvalue weighted by Crippen LogP contribution is 2.38. The number of nitriles is 1. The Labute approximate surface area is 285 Å². The summed E-state index contributed by atoms with van der Waals surface area (Å²) in [5, 5.41) is 9.32. The first kappa shape index (κ1) is 32.9. The van der Waals surface area contributed by atoms with Crippen LogP contribution in [0.2, 0.25) is 5.02 Å². The van der Waals surface area contributed by atoms with Crippen LogP contribution in [0.25, 0.3) is 6.08 Å². The van der Waals surface area contributed by atoms with Crippen LogP contribution >= 0.6 is 61.5 Å². The van der Waals surface area contributed by atoms with Gasteiger partial charge in [0, 0.05) is 5.02 Å². The number of aromatic nitrogens is 1. The van der Waals surface area contributed by atoms with E-state index in [0.717, 1.165) is 21.5 Å². The van der Waals surface area contributed by atoms with E-state index in [9.17, 15) is 22.8 Å². The zero-order chi connectivity index (χ0) is 32.5. The van der Waals surface area contributed by atoms with Gasteiger partial charge < -0.3 is 9.47 Å². The lowest BCUT2D eigenvalue weighted by atomic mass is 9.95. The van der Waals surface area contributed by atoms with Crippen LogP contribution in [0.1, 0.15) is 35.2 Å². The fourth-order valence-corrected chi connectivity index (χ4v) is 7.48. The van der Waals surface area contributed by atoms with E-state index in [4.69, 9.17) is 26.3 Å². The molecule has 0 radical (unpaired) electrons. The Morgan fingerprint density at radius 2 is 1.89 bits per heavy atom. The summed E-state index contributed by atoms with van der Waals surface area (Å²) in [6.07, 6.45) is -3.46. The Bertz CT molecular complexity index is 2030. The number of hydrogen-bond donors (Lipinski definition) is 0. The molecule has 0 saturated carbocycles. The summed E-state index contributed by atoms with van der Waals surface area (Å²) in [7, 11) is 0. The Kier molecular flexibility index (Phi) is 9.88. The number of alkyl halides is 3. The van der Waals surface area contributed by atoms with E-state index in [-0.39, 0.29) is 28.1 Å². The van der Waals surface area contributed by atoms with Gasteiger partial charge in [0.1, 0.15) is 12.4 Å². The molecule has 0 N–H and O–H groups in total. The molecule has 230 valence electrons. The van der Waals surface area contributed by atoms with Gasteiger partial charge >= 0.3 is 12.1 Å².